The number of benzene rings is 1. The molecule has 0 spiro atoms. The highest BCUT2D eigenvalue weighted by Gasteiger charge is 2.24. The van der Waals surface area contributed by atoms with Gasteiger partial charge in [-0.2, -0.15) is 5.10 Å². The Labute approximate surface area is 183 Å². The van der Waals surface area contributed by atoms with Gasteiger partial charge < -0.3 is 14.5 Å². The van der Waals surface area contributed by atoms with E-state index in [9.17, 15) is 9.59 Å². The molecular weight excluding hydrogens is 410 g/mol. The zero-order valence-corrected chi connectivity index (χ0v) is 17.7. The molecule has 4 aromatic rings. The third-order valence-corrected chi connectivity index (χ3v) is 5.42. The van der Waals surface area contributed by atoms with E-state index in [-0.39, 0.29) is 12.0 Å². The first kappa shape index (κ1) is 19.8. The van der Waals surface area contributed by atoms with Crippen molar-refractivity contribution in [2.45, 2.75) is 13.5 Å². The van der Waals surface area contributed by atoms with E-state index in [4.69, 9.17) is 9.15 Å². The number of aryl methyl sites for hydroxylation is 2. The number of ether oxygens (including phenoxy) is 1. The van der Waals surface area contributed by atoms with Crippen molar-refractivity contribution >= 4 is 28.7 Å². The smallest absolute Gasteiger partial charge is 0.414 e. The van der Waals surface area contributed by atoms with Gasteiger partial charge in [0.1, 0.15) is 12.3 Å². The lowest BCUT2D eigenvalue weighted by Gasteiger charge is -2.14. The van der Waals surface area contributed by atoms with Crippen LogP contribution in [-0.2, 0) is 18.3 Å². The quantitative estimate of drug-likeness (QED) is 0.519. The zero-order chi connectivity index (χ0) is 22.2. The Bertz CT molecular complexity index is 1330. The Morgan fingerprint density at radius 1 is 1.22 bits per heavy atom. The lowest BCUT2D eigenvalue weighted by molar-refractivity contribution is 0.0952. The van der Waals surface area contributed by atoms with Crippen LogP contribution in [0.3, 0.4) is 0 Å². The molecule has 3 aromatic heterocycles. The fourth-order valence-corrected chi connectivity index (χ4v) is 3.91. The summed E-state index contributed by atoms with van der Waals surface area (Å²) in [4.78, 5) is 31.3. The van der Waals surface area contributed by atoms with E-state index in [2.05, 4.69) is 15.4 Å². The van der Waals surface area contributed by atoms with Crippen LogP contribution >= 0.6 is 0 Å². The molecule has 0 atom stereocenters. The molecule has 9 heteroatoms. The second-order valence-electron chi connectivity index (χ2n) is 7.56. The van der Waals surface area contributed by atoms with Crippen LogP contribution in [0.4, 0.5) is 10.5 Å². The second kappa shape index (κ2) is 7.84. The van der Waals surface area contributed by atoms with Gasteiger partial charge in [0.25, 0.3) is 5.91 Å². The van der Waals surface area contributed by atoms with Crippen molar-refractivity contribution in [3.05, 3.63) is 65.5 Å². The highest BCUT2D eigenvalue weighted by atomic mass is 16.6. The topological polar surface area (TPSA) is 102 Å². The first-order chi connectivity index (χ1) is 15.5. The van der Waals surface area contributed by atoms with E-state index in [1.165, 1.54) is 0 Å². The summed E-state index contributed by atoms with van der Waals surface area (Å²) in [6.45, 7) is 3.04. The van der Waals surface area contributed by atoms with Gasteiger partial charge >= 0.3 is 6.09 Å². The van der Waals surface area contributed by atoms with Crippen LogP contribution in [0.5, 0.6) is 0 Å². The number of hydrogen-bond donors (Lipinski definition) is 1. The summed E-state index contributed by atoms with van der Waals surface area (Å²) < 4.78 is 12.2. The number of furan rings is 1. The van der Waals surface area contributed by atoms with Crippen molar-refractivity contribution < 1.29 is 18.7 Å². The van der Waals surface area contributed by atoms with E-state index < -0.39 is 0 Å². The Kier molecular flexibility index (Phi) is 4.85. The molecule has 5 rings (SSSR count). The average molecular weight is 431 g/mol. The van der Waals surface area contributed by atoms with E-state index >= 15 is 0 Å². The molecule has 1 aliphatic heterocycles. The molecule has 4 heterocycles. The summed E-state index contributed by atoms with van der Waals surface area (Å²) in [5.74, 6) is 0.331. The third kappa shape index (κ3) is 3.47. The van der Waals surface area contributed by atoms with Gasteiger partial charge in [-0.05, 0) is 42.8 Å². The lowest BCUT2D eigenvalue weighted by atomic mass is 10.1. The summed E-state index contributed by atoms with van der Waals surface area (Å²) >= 11 is 0. The van der Waals surface area contributed by atoms with Crippen LogP contribution in [0.15, 0.2) is 53.1 Å². The maximum Gasteiger partial charge on any atom is 0.414 e. The highest BCUT2D eigenvalue weighted by molar-refractivity contribution is 6.07. The SMILES string of the molecule is Cc1nn(C)c2nc(-c3ccco3)cc(C(=O)NCc3cccc(N4CCOC4=O)c3)c12. The standard InChI is InChI=1S/C23H21N5O4/c1-14-20-17(12-18(19-7-4-9-31-19)25-21(20)27(2)26-14)22(29)24-13-15-5-3-6-16(11-15)28-8-10-32-23(28)30/h3-7,9,11-12H,8,10,13H2,1-2H3,(H,24,29). The number of nitrogens with zero attached hydrogens (tertiary/aromatic N) is 4. The Balaban J connectivity index is 1.44. The number of amides is 2. The normalized spacial score (nSPS) is 13.6. The van der Waals surface area contributed by atoms with Gasteiger partial charge in [-0.3, -0.25) is 14.4 Å². The number of carbonyl (C=O) groups excluding carboxylic acids is 2. The summed E-state index contributed by atoms with van der Waals surface area (Å²) in [5, 5.41) is 8.11. The largest absolute Gasteiger partial charge is 0.463 e. The predicted octanol–water partition coefficient (Wildman–Crippen LogP) is 3.42. The summed E-state index contributed by atoms with van der Waals surface area (Å²) in [7, 11) is 1.80. The molecule has 1 saturated heterocycles. The second-order valence-corrected chi connectivity index (χ2v) is 7.56. The minimum absolute atomic E-state index is 0.243. The number of nitrogens with one attached hydrogen (secondary N) is 1. The lowest BCUT2D eigenvalue weighted by Crippen LogP contribution is -2.25. The van der Waals surface area contributed by atoms with Gasteiger partial charge in [0, 0.05) is 19.3 Å². The van der Waals surface area contributed by atoms with Gasteiger partial charge in [0.15, 0.2) is 11.4 Å². The number of carbonyl (C=O) groups is 2. The molecule has 32 heavy (non-hydrogen) atoms. The molecule has 2 amide bonds. The van der Waals surface area contributed by atoms with Crippen molar-refractivity contribution in [2.75, 3.05) is 18.1 Å². The molecular formula is C23H21N5O4. The number of cyclic esters (lactones) is 1. The molecule has 1 fully saturated rings. The van der Waals surface area contributed by atoms with Gasteiger partial charge in [0.2, 0.25) is 0 Å². The molecule has 0 saturated carbocycles. The van der Waals surface area contributed by atoms with Crippen molar-refractivity contribution in [2.24, 2.45) is 7.05 Å². The molecule has 0 unspecified atom stereocenters. The van der Waals surface area contributed by atoms with Crippen LogP contribution in [0.25, 0.3) is 22.5 Å². The summed E-state index contributed by atoms with van der Waals surface area (Å²) in [5.41, 5.74) is 3.98. The van der Waals surface area contributed by atoms with Crippen molar-refractivity contribution in [1.29, 1.82) is 0 Å². The predicted molar refractivity (Wildman–Crippen MR) is 117 cm³/mol. The maximum absolute atomic E-state index is 13.2. The molecule has 1 aliphatic rings. The molecule has 9 nitrogen and oxygen atoms in total. The molecule has 1 aromatic carbocycles. The Hall–Kier alpha value is -4.14. The monoisotopic (exact) mass is 431 g/mol. The molecule has 0 radical (unpaired) electrons. The van der Waals surface area contributed by atoms with Crippen molar-refractivity contribution in [3.8, 4) is 11.5 Å². The average Bonchev–Trinajstić information content (AvgIpc) is 3.53. The molecule has 0 bridgehead atoms. The van der Waals surface area contributed by atoms with Gasteiger partial charge in [-0.25, -0.2) is 9.78 Å². The fraction of sp³-hybridized carbons (Fsp3) is 0.217. The van der Waals surface area contributed by atoms with Gasteiger partial charge in [-0.1, -0.05) is 12.1 Å². The van der Waals surface area contributed by atoms with Crippen molar-refractivity contribution in [3.63, 3.8) is 0 Å². The van der Waals surface area contributed by atoms with Crippen LogP contribution in [0.1, 0.15) is 21.6 Å². The number of rotatable bonds is 5. The van der Waals surface area contributed by atoms with Crippen molar-refractivity contribution in [1.82, 2.24) is 20.1 Å². The summed E-state index contributed by atoms with van der Waals surface area (Å²) in [6, 6.07) is 12.8. The summed E-state index contributed by atoms with van der Waals surface area (Å²) in [6.07, 6.45) is 1.21. The van der Waals surface area contributed by atoms with Crippen LogP contribution in [0.2, 0.25) is 0 Å². The maximum atomic E-state index is 13.2. The number of pyridine rings is 1. The van der Waals surface area contributed by atoms with E-state index in [0.29, 0.717) is 47.7 Å². The fourth-order valence-electron chi connectivity index (χ4n) is 3.91. The minimum Gasteiger partial charge on any atom is -0.463 e. The number of anilines is 1. The zero-order valence-electron chi connectivity index (χ0n) is 17.7. The molecule has 1 N–H and O–H groups in total. The number of aromatic nitrogens is 3. The first-order valence-corrected chi connectivity index (χ1v) is 10.2. The first-order valence-electron chi connectivity index (χ1n) is 10.2. The van der Waals surface area contributed by atoms with E-state index in [1.807, 2.05) is 31.2 Å². The van der Waals surface area contributed by atoms with E-state index in [0.717, 1.165) is 16.9 Å². The Morgan fingerprint density at radius 3 is 2.84 bits per heavy atom. The minimum atomic E-state index is -0.358. The third-order valence-electron chi connectivity index (χ3n) is 5.42. The number of hydrogen-bond acceptors (Lipinski definition) is 6. The van der Waals surface area contributed by atoms with E-state index in [1.54, 1.807) is 41.1 Å². The molecule has 0 aliphatic carbocycles. The van der Waals surface area contributed by atoms with Gasteiger partial charge in [0.05, 0.1) is 29.5 Å². The highest BCUT2D eigenvalue weighted by Crippen LogP contribution is 2.27. The van der Waals surface area contributed by atoms with Crippen LogP contribution < -0.4 is 10.2 Å². The Morgan fingerprint density at radius 2 is 2.09 bits per heavy atom. The molecule has 162 valence electrons. The van der Waals surface area contributed by atoms with Gasteiger partial charge in [-0.15, -0.1) is 0 Å². The number of fused-ring (bicyclic) bond motifs is 1. The van der Waals surface area contributed by atoms with Crippen LogP contribution in [0, 0.1) is 6.92 Å². The van der Waals surface area contributed by atoms with Crippen LogP contribution in [-0.4, -0.2) is 39.9 Å².